The van der Waals surface area contributed by atoms with Crippen molar-refractivity contribution in [1.82, 2.24) is 0 Å². The molecule has 0 saturated carbocycles. The number of imide groups is 1. The Morgan fingerprint density at radius 1 is 0.955 bits per heavy atom. The lowest BCUT2D eigenvalue weighted by molar-refractivity contribution is -0.121. The molecule has 2 aromatic rings. The number of benzene rings is 2. The van der Waals surface area contributed by atoms with Crippen LogP contribution in [0.5, 0.6) is 5.75 Å². The topological polar surface area (TPSA) is 66.8 Å². The van der Waals surface area contributed by atoms with Crippen molar-refractivity contribution in [3.63, 3.8) is 0 Å². The van der Waals surface area contributed by atoms with E-state index in [0.717, 1.165) is 4.90 Å². The van der Waals surface area contributed by atoms with Gasteiger partial charge in [-0.3, -0.25) is 9.59 Å². The van der Waals surface area contributed by atoms with Crippen LogP contribution < -0.4 is 9.64 Å². The van der Waals surface area contributed by atoms with Crippen molar-refractivity contribution in [2.24, 2.45) is 0 Å². The quantitative estimate of drug-likeness (QED) is 0.884. The van der Waals surface area contributed by atoms with E-state index >= 15 is 0 Å². The molecule has 110 valence electrons. The molecule has 0 atom stereocenters. The molecule has 1 heterocycles. The van der Waals surface area contributed by atoms with Crippen LogP contribution in [0, 0.1) is 0 Å². The Labute approximate surface area is 127 Å². The average Bonchev–Trinajstić information content (AvgIpc) is 2.78. The molecule has 1 aliphatic heterocycles. The highest BCUT2D eigenvalue weighted by Crippen LogP contribution is 2.32. The number of rotatable bonds is 3. The van der Waals surface area contributed by atoms with E-state index in [9.17, 15) is 14.7 Å². The Balaban J connectivity index is 2.04. The number of carbonyl (C=O) groups is 2. The fourth-order valence-electron chi connectivity index (χ4n) is 2.37. The number of aliphatic hydroxyl groups excluding tert-OH is 1. The molecule has 1 N–H and O–H groups in total. The van der Waals surface area contributed by atoms with Crippen LogP contribution in [0.1, 0.15) is 5.56 Å². The molecule has 0 unspecified atom stereocenters. The maximum absolute atomic E-state index is 12.6. The van der Waals surface area contributed by atoms with Crippen molar-refractivity contribution in [3.8, 4) is 5.75 Å². The third-order valence-corrected chi connectivity index (χ3v) is 3.43. The third kappa shape index (κ3) is 2.13. The van der Waals surface area contributed by atoms with Crippen LogP contribution in [0.25, 0.3) is 5.57 Å². The van der Waals surface area contributed by atoms with Crippen LogP contribution in [0.2, 0.25) is 0 Å². The second kappa shape index (κ2) is 5.37. The largest absolute Gasteiger partial charge is 0.502 e. The molecular weight excluding hydrogens is 282 g/mol. The predicted molar refractivity (Wildman–Crippen MR) is 81.5 cm³/mol. The number of anilines is 1. The van der Waals surface area contributed by atoms with Crippen molar-refractivity contribution in [2.75, 3.05) is 12.0 Å². The highest BCUT2D eigenvalue weighted by Gasteiger charge is 2.40. The Morgan fingerprint density at radius 3 is 2.36 bits per heavy atom. The molecule has 5 nitrogen and oxygen atoms in total. The van der Waals surface area contributed by atoms with Crippen molar-refractivity contribution in [1.29, 1.82) is 0 Å². The smallest absolute Gasteiger partial charge is 0.301 e. The lowest BCUT2D eigenvalue weighted by Crippen LogP contribution is -2.31. The van der Waals surface area contributed by atoms with E-state index in [-0.39, 0.29) is 5.57 Å². The van der Waals surface area contributed by atoms with Gasteiger partial charge in [0.05, 0.1) is 18.4 Å². The van der Waals surface area contributed by atoms with Gasteiger partial charge in [0.1, 0.15) is 5.75 Å². The molecule has 2 amide bonds. The number of hydrogen-bond donors (Lipinski definition) is 1. The molecule has 0 fully saturated rings. The summed E-state index contributed by atoms with van der Waals surface area (Å²) >= 11 is 0. The molecule has 5 heteroatoms. The van der Waals surface area contributed by atoms with Crippen molar-refractivity contribution >= 4 is 23.1 Å². The summed E-state index contributed by atoms with van der Waals surface area (Å²) in [6, 6.07) is 15.2. The van der Waals surface area contributed by atoms with Gasteiger partial charge in [-0.05, 0) is 17.7 Å². The summed E-state index contributed by atoms with van der Waals surface area (Å²) in [7, 11) is 1.50. The summed E-state index contributed by atoms with van der Waals surface area (Å²) in [6.07, 6.45) is 0. The van der Waals surface area contributed by atoms with Crippen molar-refractivity contribution < 1.29 is 19.4 Å². The maximum atomic E-state index is 12.6. The van der Waals surface area contributed by atoms with E-state index < -0.39 is 17.6 Å². The van der Waals surface area contributed by atoms with Gasteiger partial charge in [-0.25, -0.2) is 4.90 Å². The number of aliphatic hydroxyl groups is 1. The van der Waals surface area contributed by atoms with E-state index in [1.807, 2.05) is 0 Å². The first kappa shape index (κ1) is 13.9. The molecule has 22 heavy (non-hydrogen) atoms. The van der Waals surface area contributed by atoms with Crippen LogP contribution in [0.3, 0.4) is 0 Å². The van der Waals surface area contributed by atoms with E-state index in [1.165, 1.54) is 7.11 Å². The molecule has 2 aromatic carbocycles. The molecule has 0 aliphatic carbocycles. The van der Waals surface area contributed by atoms with E-state index in [1.54, 1.807) is 54.6 Å². The molecule has 0 saturated heterocycles. The summed E-state index contributed by atoms with van der Waals surface area (Å²) in [5.74, 6) is -1.32. The average molecular weight is 295 g/mol. The summed E-state index contributed by atoms with van der Waals surface area (Å²) in [5.41, 5.74) is 0.865. The second-order valence-electron chi connectivity index (χ2n) is 4.74. The minimum Gasteiger partial charge on any atom is -0.502 e. The number of carbonyl (C=O) groups excluding carboxylic acids is 2. The molecule has 0 radical (unpaired) electrons. The summed E-state index contributed by atoms with van der Waals surface area (Å²) < 4.78 is 5.10. The molecule has 0 bridgehead atoms. The Kier molecular flexibility index (Phi) is 3.39. The number of amides is 2. The normalized spacial score (nSPS) is 14.7. The zero-order valence-corrected chi connectivity index (χ0v) is 11.8. The first-order valence-corrected chi connectivity index (χ1v) is 6.65. The lowest BCUT2D eigenvalue weighted by atomic mass is 10.1. The summed E-state index contributed by atoms with van der Waals surface area (Å²) in [6.45, 7) is 0. The van der Waals surface area contributed by atoms with Gasteiger partial charge in [-0.15, -0.1) is 0 Å². The number of hydrogen-bond acceptors (Lipinski definition) is 4. The van der Waals surface area contributed by atoms with Crippen molar-refractivity contribution in [2.45, 2.75) is 0 Å². The van der Waals surface area contributed by atoms with Gasteiger partial charge in [-0.2, -0.15) is 0 Å². The van der Waals surface area contributed by atoms with E-state index in [4.69, 9.17) is 4.74 Å². The van der Waals surface area contributed by atoms with E-state index in [0.29, 0.717) is 17.0 Å². The summed E-state index contributed by atoms with van der Waals surface area (Å²) in [5, 5.41) is 10.1. The highest BCUT2D eigenvalue weighted by molar-refractivity contribution is 6.44. The molecular formula is C17H13NO4. The standard InChI is InChI=1S/C17H13NO4/c1-22-13-9-5-8-12(10-13)18-16(20)14(15(19)17(18)21)11-6-3-2-4-7-11/h2-10,19H,1H3. The van der Waals surface area contributed by atoms with Crippen LogP contribution in [0.4, 0.5) is 5.69 Å². The van der Waals surface area contributed by atoms with Crippen molar-refractivity contribution in [3.05, 3.63) is 65.9 Å². The molecule has 3 rings (SSSR count). The SMILES string of the molecule is COc1cccc(N2C(=O)C(O)=C(c3ccccc3)C2=O)c1. The van der Waals surface area contributed by atoms with Gasteiger partial charge in [0.15, 0.2) is 5.76 Å². The highest BCUT2D eigenvalue weighted by atomic mass is 16.5. The predicted octanol–water partition coefficient (Wildman–Crippen LogP) is 2.54. The Bertz CT molecular complexity index is 780. The first-order chi connectivity index (χ1) is 10.6. The number of methoxy groups -OCH3 is 1. The third-order valence-electron chi connectivity index (χ3n) is 3.43. The van der Waals surface area contributed by atoms with Gasteiger partial charge in [-0.1, -0.05) is 36.4 Å². The van der Waals surface area contributed by atoms with Gasteiger partial charge in [0.2, 0.25) is 0 Å². The number of ether oxygens (including phenoxy) is 1. The monoisotopic (exact) mass is 295 g/mol. The Morgan fingerprint density at radius 2 is 1.68 bits per heavy atom. The van der Waals surface area contributed by atoms with Crippen LogP contribution in [-0.4, -0.2) is 24.0 Å². The molecule has 0 spiro atoms. The minimum atomic E-state index is -0.739. The lowest BCUT2D eigenvalue weighted by Gasteiger charge is -2.15. The number of nitrogens with zero attached hydrogens (tertiary/aromatic N) is 1. The van der Waals surface area contributed by atoms with E-state index in [2.05, 4.69) is 0 Å². The fourth-order valence-corrected chi connectivity index (χ4v) is 2.37. The second-order valence-corrected chi connectivity index (χ2v) is 4.74. The van der Waals surface area contributed by atoms with Gasteiger partial charge in [0, 0.05) is 6.07 Å². The zero-order valence-electron chi connectivity index (χ0n) is 11.8. The van der Waals surface area contributed by atoms with Gasteiger partial charge < -0.3 is 9.84 Å². The van der Waals surface area contributed by atoms with Gasteiger partial charge in [0.25, 0.3) is 5.91 Å². The first-order valence-electron chi connectivity index (χ1n) is 6.65. The fraction of sp³-hybridized carbons (Fsp3) is 0.0588. The zero-order chi connectivity index (χ0) is 15.7. The van der Waals surface area contributed by atoms with Crippen LogP contribution in [0.15, 0.2) is 60.4 Å². The van der Waals surface area contributed by atoms with Crippen LogP contribution in [-0.2, 0) is 9.59 Å². The van der Waals surface area contributed by atoms with Crippen LogP contribution >= 0.6 is 0 Å². The maximum Gasteiger partial charge on any atom is 0.301 e. The minimum absolute atomic E-state index is 0.00780. The molecule has 1 aliphatic rings. The Hall–Kier alpha value is -3.08. The van der Waals surface area contributed by atoms with Gasteiger partial charge >= 0.3 is 5.91 Å². The molecule has 0 aromatic heterocycles. The summed E-state index contributed by atoms with van der Waals surface area (Å²) in [4.78, 5) is 25.8.